The number of aromatic amines is 2. The van der Waals surface area contributed by atoms with Crippen LogP contribution in [-0.2, 0) is 17.6 Å². The fourth-order valence-corrected chi connectivity index (χ4v) is 3.45. The maximum atomic E-state index is 11.6. The van der Waals surface area contributed by atoms with Gasteiger partial charge < -0.3 is 15.1 Å². The van der Waals surface area contributed by atoms with Crippen LogP contribution in [0.15, 0.2) is 60.9 Å². The number of hydrogen-bond acceptors (Lipinski definition) is 3. The lowest BCUT2D eigenvalue weighted by atomic mass is 10.1. The van der Waals surface area contributed by atoms with Crippen LogP contribution in [0.4, 0.5) is 0 Å². The summed E-state index contributed by atoms with van der Waals surface area (Å²) in [7, 11) is 0. The molecule has 0 amide bonds. The monoisotopic (exact) mass is 362 g/mol. The minimum atomic E-state index is -0.875. The van der Waals surface area contributed by atoms with Crippen molar-refractivity contribution in [2.75, 3.05) is 6.54 Å². The quantitative estimate of drug-likeness (QED) is 0.246. The molecule has 27 heavy (non-hydrogen) atoms. The molecule has 0 bridgehead atoms. The van der Waals surface area contributed by atoms with E-state index in [2.05, 4.69) is 26.9 Å². The highest BCUT2D eigenvalue weighted by molar-refractivity contribution is 5.84. The predicted octanol–water partition coefficient (Wildman–Crippen LogP) is 2.98. The molecule has 0 spiro atoms. The molecule has 0 fully saturated rings. The van der Waals surface area contributed by atoms with Gasteiger partial charge in [-0.25, -0.2) is 5.43 Å². The minimum absolute atomic E-state index is 0.402. The Morgan fingerprint density at radius 3 is 2.19 bits per heavy atom. The summed E-state index contributed by atoms with van der Waals surface area (Å²) in [4.78, 5) is 18.1. The van der Waals surface area contributed by atoms with Crippen LogP contribution in [0.3, 0.4) is 0 Å². The highest BCUT2D eigenvalue weighted by atomic mass is 16.4. The number of para-hydroxylation sites is 2. The molecular formula is C21H22N4O2. The molecule has 0 unspecified atom stereocenters. The van der Waals surface area contributed by atoms with Gasteiger partial charge in [0.15, 0.2) is 0 Å². The van der Waals surface area contributed by atoms with Crippen LogP contribution < -0.4 is 10.9 Å². The molecular weight excluding hydrogens is 340 g/mol. The highest BCUT2D eigenvalue weighted by Crippen LogP contribution is 2.19. The predicted molar refractivity (Wildman–Crippen MR) is 107 cm³/mol. The van der Waals surface area contributed by atoms with Crippen molar-refractivity contribution < 1.29 is 9.90 Å². The first kappa shape index (κ1) is 17.3. The van der Waals surface area contributed by atoms with E-state index in [1.165, 1.54) is 10.9 Å². The number of carboxylic acids is 1. The van der Waals surface area contributed by atoms with Crippen molar-refractivity contribution in [1.82, 2.24) is 20.8 Å². The summed E-state index contributed by atoms with van der Waals surface area (Å²) in [6, 6.07) is 15.4. The normalized spacial score (nSPS) is 12.6. The van der Waals surface area contributed by atoms with Crippen molar-refractivity contribution in [3.63, 3.8) is 0 Å². The molecule has 0 saturated carbocycles. The first-order chi connectivity index (χ1) is 13.2. The molecule has 0 aliphatic carbocycles. The molecule has 4 rings (SSSR count). The van der Waals surface area contributed by atoms with Crippen LogP contribution in [-0.4, -0.2) is 33.6 Å². The summed E-state index contributed by atoms with van der Waals surface area (Å²) in [5.41, 5.74) is 10.4. The van der Waals surface area contributed by atoms with E-state index in [0.717, 1.165) is 28.4 Å². The number of H-pyrrole nitrogens is 2. The Hall–Kier alpha value is -3.09. The van der Waals surface area contributed by atoms with E-state index in [9.17, 15) is 9.90 Å². The lowest BCUT2D eigenvalue weighted by molar-refractivity contribution is -0.139. The minimum Gasteiger partial charge on any atom is -0.480 e. The molecule has 2 aromatic heterocycles. The van der Waals surface area contributed by atoms with E-state index in [0.29, 0.717) is 13.0 Å². The van der Waals surface area contributed by atoms with E-state index >= 15 is 0 Å². The van der Waals surface area contributed by atoms with E-state index in [1.807, 2.05) is 54.9 Å². The van der Waals surface area contributed by atoms with Crippen molar-refractivity contribution in [2.45, 2.75) is 18.9 Å². The molecule has 6 nitrogen and oxygen atoms in total. The molecule has 2 heterocycles. The van der Waals surface area contributed by atoms with Gasteiger partial charge in [-0.3, -0.25) is 10.2 Å². The van der Waals surface area contributed by atoms with Crippen LogP contribution in [0, 0.1) is 0 Å². The van der Waals surface area contributed by atoms with Gasteiger partial charge in [0.05, 0.1) is 0 Å². The Balaban J connectivity index is 1.36. The highest BCUT2D eigenvalue weighted by Gasteiger charge is 2.19. The van der Waals surface area contributed by atoms with Gasteiger partial charge in [0, 0.05) is 47.2 Å². The number of carbonyl (C=O) groups is 1. The zero-order valence-corrected chi connectivity index (χ0v) is 14.8. The lowest BCUT2D eigenvalue weighted by Crippen LogP contribution is -2.47. The van der Waals surface area contributed by atoms with Crippen LogP contribution in [0.25, 0.3) is 21.8 Å². The van der Waals surface area contributed by atoms with Crippen LogP contribution in [0.5, 0.6) is 0 Å². The summed E-state index contributed by atoms with van der Waals surface area (Å²) in [5.74, 6) is -0.875. The molecule has 5 N–H and O–H groups in total. The molecule has 0 saturated heterocycles. The maximum absolute atomic E-state index is 11.6. The zero-order chi connectivity index (χ0) is 18.6. The van der Waals surface area contributed by atoms with Crippen molar-refractivity contribution in [2.24, 2.45) is 0 Å². The molecule has 0 aliphatic rings. The second-order valence-electron chi connectivity index (χ2n) is 6.64. The lowest BCUT2D eigenvalue weighted by Gasteiger charge is -2.15. The molecule has 4 aromatic rings. The molecule has 1 atom stereocenters. The van der Waals surface area contributed by atoms with Crippen molar-refractivity contribution >= 4 is 27.8 Å². The number of hydrogen-bond donors (Lipinski definition) is 5. The molecule has 2 aromatic carbocycles. The third kappa shape index (κ3) is 3.72. The topological polar surface area (TPSA) is 92.9 Å². The first-order valence-electron chi connectivity index (χ1n) is 9.03. The standard InChI is InChI=1S/C21H22N4O2/c26-21(27)20(11-15-13-23-19-8-4-2-6-17(15)19)25-24-10-9-14-12-22-18-7-3-1-5-16(14)18/h1-8,12-13,20,22-25H,9-11H2,(H,26,27)/t20-/m0/s1. The Morgan fingerprint density at radius 1 is 0.926 bits per heavy atom. The van der Waals surface area contributed by atoms with Crippen molar-refractivity contribution in [3.05, 3.63) is 72.1 Å². The van der Waals surface area contributed by atoms with Gasteiger partial charge in [0.1, 0.15) is 6.04 Å². The molecule has 6 heteroatoms. The van der Waals surface area contributed by atoms with Gasteiger partial charge in [0.2, 0.25) is 0 Å². The smallest absolute Gasteiger partial charge is 0.322 e. The fourth-order valence-electron chi connectivity index (χ4n) is 3.45. The van der Waals surface area contributed by atoms with Gasteiger partial charge in [-0.15, -0.1) is 0 Å². The molecule has 138 valence electrons. The third-order valence-electron chi connectivity index (χ3n) is 4.87. The van der Waals surface area contributed by atoms with E-state index in [-0.39, 0.29) is 0 Å². The summed E-state index contributed by atoms with van der Waals surface area (Å²) in [6.07, 6.45) is 5.09. The van der Waals surface area contributed by atoms with E-state index < -0.39 is 12.0 Å². The average Bonchev–Trinajstić information content (AvgIpc) is 3.28. The van der Waals surface area contributed by atoms with Gasteiger partial charge in [-0.1, -0.05) is 36.4 Å². The molecule has 0 aliphatic heterocycles. The van der Waals surface area contributed by atoms with Gasteiger partial charge in [0.25, 0.3) is 0 Å². The second-order valence-corrected chi connectivity index (χ2v) is 6.64. The van der Waals surface area contributed by atoms with Crippen LogP contribution in [0.1, 0.15) is 11.1 Å². The summed E-state index contributed by atoms with van der Waals surface area (Å²) < 4.78 is 0. The fraction of sp³-hybridized carbons (Fsp3) is 0.190. The Labute approximate surface area is 156 Å². The number of rotatable bonds is 8. The van der Waals surface area contributed by atoms with Gasteiger partial charge in [-0.2, -0.15) is 0 Å². The SMILES string of the molecule is O=C(O)[C@H](Cc1c[nH]c2ccccc12)NNCCc1c[nH]c2ccccc12. The number of carboxylic acid groups (broad SMARTS) is 1. The van der Waals surface area contributed by atoms with Crippen LogP contribution >= 0.6 is 0 Å². The Kier molecular flexibility index (Phi) is 4.91. The maximum Gasteiger partial charge on any atom is 0.322 e. The first-order valence-corrected chi connectivity index (χ1v) is 9.03. The zero-order valence-electron chi connectivity index (χ0n) is 14.8. The van der Waals surface area contributed by atoms with E-state index in [4.69, 9.17) is 0 Å². The largest absolute Gasteiger partial charge is 0.480 e. The number of aliphatic carboxylic acids is 1. The second kappa shape index (κ2) is 7.65. The average molecular weight is 362 g/mol. The van der Waals surface area contributed by atoms with Crippen molar-refractivity contribution in [1.29, 1.82) is 0 Å². The summed E-state index contributed by atoms with van der Waals surface area (Å²) in [6.45, 7) is 0.638. The van der Waals surface area contributed by atoms with Gasteiger partial charge >= 0.3 is 5.97 Å². The number of benzene rings is 2. The third-order valence-corrected chi connectivity index (χ3v) is 4.87. The Morgan fingerprint density at radius 2 is 1.52 bits per heavy atom. The van der Waals surface area contributed by atoms with Gasteiger partial charge in [-0.05, 0) is 29.7 Å². The van der Waals surface area contributed by atoms with Crippen molar-refractivity contribution in [3.8, 4) is 0 Å². The van der Waals surface area contributed by atoms with Crippen LogP contribution in [0.2, 0.25) is 0 Å². The number of hydrazine groups is 1. The molecule has 0 radical (unpaired) electrons. The number of aromatic nitrogens is 2. The number of fused-ring (bicyclic) bond motifs is 2. The Bertz CT molecular complexity index is 1070. The summed E-state index contributed by atoms with van der Waals surface area (Å²) >= 11 is 0. The van der Waals surface area contributed by atoms with E-state index in [1.54, 1.807) is 0 Å². The number of nitrogens with one attached hydrogen (secondary N) is 4. The summed E-state index contributed by atoms with van der Waals surface area (Å²) in [5, 5.41) is 11.8.